The first-order chi connectivity index (χ1) is 8.93. The highest BCUT2D eigenvalue weighted by atomic mass is 19.1. The van der Waals surface area contributed by atoms with E-state index < -0.39 is 42.0 Å². The number of halogens is 2. The number of rotatable bonds is 5. The molecule has 0 fully saturated rings. The van der Waals surface area contributed by atoms with Crippen LogP contribution in [0, 0.1) is 11.6 Å². The van der Waals surface area contributed by atoms with Crippen LogP contribution < -0.4 is 10.6 Å². The Labute approximate surface area is 107 Å². The molecule has 4 N–H and O–H groups in total. The van der Waals surface area contributed by atoms with Crippen LogP contribution in [0.25, 0.3) is 0 Å². The van der Waals surface area contributed by atoms with Crippen LogP contribution in [-0.4, -0.2) is 34.9 Å². The standard InChI is InChI=1S/C11H12F2N2O4/c12-6-1-2-7(13)9(5-6)15-11(19)14-8(3-4-16)10(17)18/h1-2,5,8,16H,3-4H2,(H,17,18)(H2,14,15,19)/t8-/m0/s1. The van der Waals surface area contributed by atoms with Gasteiger partial charge in [-0.15, -0.1) is 0 Å². The van der Waals surface area contributed by atoms with Gasteiger partial charge in [-0.3, -0.25) is 0 Å². The topological polar surface area (TPSA) is 98.7 Å². The first-order valence-corrected chi connectivity index (χ1v) is 5.30. The average molecular weight is 274 g/mol. The number of aliphatic carboxylic acids is 1. The first-order valence-electron chi connectivity index (χ1n) is 5.30. The summed E-state index contributed by atoms with van der Waals surface area (Å²) < 4.78 is 26.1. The van der Waals surface area contributed by atoms with Gasteiger partial charge in [0.1, 0.15) is 17.7 Å². The third kappa shape index (κ3) is 4.51. The van der Waals surface area contributed by atoms with E-state index in [2.05, 4.69) is 0 Å². The number of amides is 2. The van der Waals surface area contributed by atoms with Crippen LogP contribution in [0.5, 0.6) is 0 Å². The third-order valence-electron chi connectivity index (χ3n) is 2.20. The van der Waals surface area contributed by atoms with E-state index in [1.54, 1.807) is 0 Å². The van der Waals surface area contributed by atoms with E-state index in [1.165, 1.54) is 0 Å². The average Bonchev–Trinajstić information content (AvgIpc) is 2.33. The van der Waals surface area contributed by atoms with E-state index in [0.717, 1.165) is 18.2 Å². The Kier molecular flexibility index (Phi) is 5.19. The number of carboxylic acid groups (broad SMARTS) is 1. The summed E-state index contributed by atoms with van der Waals surface area (Å²) in [6, 6.07) is 0.140. The van der Waals surface area contributed by atoms with Crippen molar-refractivity contribution < 1.29 is 28.6 Å². The van der Waals surface area contributed by atoms with E-state index >= 15 is 0 Å². The van der Waals surface area contributed by atoms with E-state index in [9.17, 15) is 18.4 Å². The summed E-state index contributed by atoms with van der Waals surface area (Å²) in [5.74, 6) is -2.95. The molecule has 2 amide bonds. The van der Waals surface area contributed by atoms with Crippen molar-refractivity contribution in [2.75, 3.05) is 11.9 Å². The molecule has 19 heavy (non-hydrogen) atoms. The molecule has 104 valence electrons. The van der Waals surface area contributed by atoms with Crippen LogP contribution in [0.1, 0.15) is 6.42 Å². The number of carboxylic acids is 1. The minimum Gasteiger partial charge on any atom is -0.480 e. The monoisotopic (exact) mass is 274 g/mol. The number of hydrogen-bond acceptors (Lipinski definition) is 3. The van der Waals surface area contributed by atoms with Gasteiger partial charge in [-0.25, -0.2) is 18.4 Å². The second kappa shape index (κ2) is 6.64. The van der Waals surface area contributed by atoms with Crippen molar-refractivity contribution in [2.45, 2.75) is 12.5 Å². The Bertz CT molecular complexity index is 482. The Morgan fingerprint density at radius 2 is 2.00 bits per heavy atom. The normalized spacial score (nSPS) is 11.7. The summed E-state index contributed by atoms with van der Waals surface area (Å²) in [4.78, 5) is 22.1. The molecule has 1 aromatic carbocycles. The summed E-state index contributed by atoms with van der Waals surface area (Å²) in [6.07, 6.45) is -0.200. The number of aliphatic hydroxyl groups is 1. The molecule has 0 heterocycles. The quantitative estimate of drug-likeness (QED) is 0.641. The smallest absolute Gasteiger partial charge is 0.326 e. The molecule has 0 aliphatic rings. The molecular weight excluding hydrogens is 262 g/mol. The van der Waals surface area contributed by atoms with Gasteiger partial charge in [0, 0.05) is 19.1 Å². The maximum Gasteiger partial charge on any atom is 0.326 e. The van der Waals surface area contributed by atoms with Crippen LogP contribution in [0.4, 0.5) is 19.3 Å². The lowest BCUT2D eigenvalue weighted by Gasteiger charge is -2.14. The van der Waals surface area contributed by atoms with Crippen LogP contribution in [0.2, 0.25) is 0 Å². The van der Waals surface area contributed by atoms with Gasteiger partial charge in [0.2, 0.25) is 0 Å². The molecule has 0 radical (unpaired) electrons. The number of hydrogen-bond donors (Lipinski definition) is 4. The highest BCUT2D eigenvalue weighted by Crippen LogP contribution is 2.14. The maximum atomic E-state index is 13.2. The largest absolute Gasteiger partial charge is 0.480 e. The summed E-state index contributed by atoms with van der Waals surface area (Å²) in [5.41, 5.74) is -0.411. The predicted molar refractivity (Wildman–Crippen MR) is 61.6 cm³/mol. The fourth-order valence-corrected chi connectivity index (χ4v) is 1.30. The van der Waals surface area contributed by atoms with Gasteiger partial charge >= 0.3 is 12.0 Å². The number of carbonyl (C=O) groups is 2. The number of benzene rings is 1. The van der Waals surface area contributed by atoms with Gasteiger partial charge in [0.05, 0.1) is 5.69 Å². The van der Waals surface area contributed by atoms with E-state index in [-0.39, 0.29) is 6.42 Å². The van der Waals surface area contributed by atoms with Gasteiger partial charge in [0.25, 0.3) is 0 Å². The van der Waals surface area contributed by atoms with Crippen LogP contribution >= 0.6 is 0 Å². The van der Waals surface area contributed by atoms with Crippen molar-refractivity contribution in [3.8, 4) is 0 Å². The fraction of sp³-hybridized carbons (Fsp3) is 0.273. The molecule has 1 rings (SSSR count). The van der Waals surface area contributed by atoms with Crippen LogP contribution in [0.15, 0.2) is 18.2 Å². The zero-order chi connectivity index (χ0) is 14.4. The zero-order valence-corrected chi connectivity index (χ0v) is 9.69. The Balaban J connectivity index is 2.68. The predicted octanol–water partition coefficient (Wildman–Crippen LogP) is 0.922. The van der Waals surface area contributed by atoms with Crippen molar-refractivity contribution >= 4 is 17.7 Å². The van der Waals surface area contributed by atoms with E-state index in [1.807, 2.05) is 10.6 Å². The second-order valence-electron chi connectivity index (χ2n) is 3.63. The van der Waals surface area contributed by atoms with Gasteiger partial charge in [-0.2, -0.15) is 0 Å². The second-order valence-corrected chi connectivity index (χ2v) is 3.63. The molecule has 0 saturated carbocycles. The molecule has 0 bridgehead atoms. The lowest BCUT2D eigenvalue weighted by atomic mass is 10.2. The lowest BCUT2D eigenvalue weighted by Crippen LogP contribution is -2.43. The molecule has 0 spiro atoms. The molecular formula is C11H12F2N2O4. The summed E-state index contributed by atoms with van der Waals surface area (Å²) >= 11 is 0. The zero-order valence-electron chi connectivity index (χ0n) is 9.69. The van der Waals surface area contributed by atoms with Gasteiger partial charge in [-0.05, 0) is 12.1 Å². The number of nitrogens with one attached hydrogen (secondary N) is 2. The maximum absolute atomic E-state index is 13.2. The van der Waals surface area contributed by atoms with Gasteiger partial charge < -0.3 is 20.8 Å². The number of urea groups is 1. The van der Waals surface area contributed by atoms with Crippen molar-refractivity contribution in [1.82, 2.24) is 5.32 Å². The van der Waals surface area contributed by atoms with Gasteiger partial charge in [-0.1, -0.05) is 0 Å². The number of carbonyl (C=O) groups excluding carboxylic acids is 1. The Morgan fingerprint density at radius 3 is 2.58 bits per heavy atom. The third-order valence-corrected chi connectivity index (χ3v) is 2.20. The van der Waals surface area contributed by atoms with Crippen LogP contribution in [0.3, 0.4) is 0 Å². The molecule has 0 aliphatic carbocycles. The van der Waals surface area contributed by atoms with Crippen molar-refractivity contribution in [3.63, 3.8) is 0 Å². The molecule has 8 heteroatoms. The Morgan fingerprint density at radius 1 is 1.32 bits per heavy atom. The number of aliphatic hydroxyl groups excluding tert-OH is 1. The summed E-state index contributed by atoms with van der Waals surface area (Å²) in [5, 5.41) is 21.4. The molecule has 0 aliphatic heterocycles. The van der Waals surface area contributed by atoms with Crippen molar-refractivity contribution in [1.29, 1.82) is 0 Å². The molecule has 1 atom stereocenters. The van der Waals surface area contributed by atoms with Crippen molar-refractivity contribution in [3.05, 3.63) is 29.8 Å². The van der Waals surface area contributed by atoms with E-state index in [0.29, 0.717) is 0 Å². The minimum absolute atomic E-state index is 0.200. The van der Waals surface area contributed by atoms with E-state index in [4.69, 9.17) is 10.2 Å². The molecule has 1 aromatic rings. The summed E-state index contributed by atoms with van der Waals surface area (Å²) in [6.45, 7) is -0.439. The SMILES string of the molecule is O=C(Nc1cc(F)ccc1F)N[C@@H](CCO)C(=O)O. The van der Waals surface area contributed by atoms with Crippen molar-refractivity contribution in [2.24, 2.45) is 0 Å². The lowest BCUT2D eigenvalue weighted by molar-refractivity contribution is -0.139. The first kappa shape index (κ1) is 14.8. The highest BCUT2D eigenvalue weighted by molar-refractivity contribution is 5.92. The molecule has 0 aromatic heterocycles. The minimum atomic E-state index is -1.34. The molecule has 0 unspecified atom stereocenters. The Hall–Kier alpha value is -2.22. The molecule has 6 nitrogen and oxygen atoms in total. The number of anilines is 1. The van der Waals surface area contributed by atoms with Crippen LogP contribution in [-0.2, 0) is 4.79 Å². The van der Waals surface area contributed by atoms with Gasteiger partial charge in [0.15, 0.2) is 0 Å². The molecule has 0 saturated heterocycles. The highest BCUT2D eigenvalue weighted by Gasteiger charge is 2.19. The summed E-state index contributed by atoms with van der Waals surface area (Å²) in [7, 11) is 0. The fourth-order valence-electron chi connectivity index (χ4n) is 1.30.